The second kappa shape index (κ2) is 13.8. The molecule has 5 rings (SSSR count). The zero-order valence-electron chi connectivity index (χ0n) is 19.6. The summed E-state index contributed by atoms with van der Waals surface area (Å²) in [6.07, 6.45) is 2.84. The summed E-state index contributed by atoms with van der Waals surface area (Å²) in [4.78, 5) is 7.51. The molecule has 0 atom stereocenters. The summed E-state index contributed by atoms with van der Waals surface area (Å²) < 4.78 is 27.2. The van der Waals surface area contributed by atoms with Crippen LogP contribution < -0.4 is 21.6 Å². The fourth-order valence-corrected chi connectivity index (χ4v) is 6.92. The second-order valence-corrected chi connectivity index (χ2v) is 11.7. The molecule has 5 aromatic rings. The molecule has 0 unspecified atom stereocenters. The number of benzene rings is 4. The van der Waals surface area contributed by atoms with Crippen molar-refractivity contribution in [2.24, 2.45) is 0 Å². The molecule has 0 spiro atoms. The van der Waals surface area contributed by atoms with E-state index in [2.05, 4.69) is 106 Å². The second-order valence-electron chi connectivity index (χ2n) is 7.66. The van der Waals surface area contributed by atoms with E-state index in [-0.39, 0.29) is 33.2 Å². The summed E-state index contributed by atoms with van der Waals surface area (Å²) in [5, 5.41) is 4.31. The Morgan fingerprint density at radius 1 is 0.595 bits per heavy atom. The van der Waals surface area contributed by atoms with Crippen LogP contribution in [-0.2, 0) is 32.4 Å². The van der Waals surface area contributed by atoms with E-state index in [1.54, 1.807) is 6.07 Å². The molecule has 0 aliphatic rings. The van der Waals surface area contributed by atoms with Gasteiger partial charge in [-0.3, -0.25) is 4.72 Å². The summed E-state index contributed by atoms with van der Waals surface area (Å²) in [5.41, 5.74) is 5.96. The number of anilines is 1. The van der Waals surface area contributed by atoms with Crippen LogP contribution in [0.15, 0.2) is 139 Å². The Balaban J connectivity index is 0.000000201. The van der Waals surface area contributed by atoms with Crippen LogP contribution in [0.25, 0.3) is 4.72 Å². The van der Waals surface area contributed by atoms with Gasteiger partial charge in [0, 0.05) is 11.6 Å². The van der Waals surface area contributed by atoms with Crippen molar-refractivity contribution in [3.63, 3.8) is 0 Å². The van der Waals surface area contributed by atoms with Crippen LogP contribution in [-0.4, -0.2) is 18.4 Å². The van der Waals surface area contributed by atoms with Gasteiger partial charge < -0.3 is 15.7 Å². The smallest absolute Gasteiger partial charge is 0.399 e. The van der Waals surface area contributed by atoms with E-state index in [1.165, 1.54) is 52.6 Å². The normalized spacial score (nSPS) is 10.5. The first-order valence-corrected chi connectivity index (χ1v) is 14.1. The number of rotatable bonds is 6. The molecular weight excluding hydrogens is 684 g/mol. The van der Waals surface area contributed by atoms with Gasteiger partial charge in [-0.05, 0) is 73.1 Å². The largest absolute Gasteiger partial charge is 1.00 e. The maximum Gasteiger partial charge on any atom is 1.00 e. The number of hydrogen-bond donors (Lipinski definition) is 1. The van der Waals surface area contributed by atoms with Gasteiger partial charge in [0.2, 0.25) is 10.0 Å². The van der Waals surface area contributed by atoms with Gasteiger partial charge in [0.15, 0.2) is 0 Å². The van der Waals surface area contributed by atoms with Gasteiger partial charge in [0.05, 0.1) is 12.8 Å². The van der Waals surface area contributed by atoms with E-state index >= 15 is 0 Å². The standard InChI is InChI=1S/C18H15P.C10H9N4O2S.Au/c1-4-10-16(11-5-1)19(17-12-6-2-7-13-17)18-14-8-3-9-15-18;11-8-2-4-9(5-3-8)17(15,16)14-10-12-6-1-7-13-10;/h1-15H;1-7H,11H2;/q;-1;+1/p+1. The molecule has 0 saturated heterocycles. The van der Waals surface area contributed by atoms with Gasteiger partial charge in [-0.1, -0.05) is 60.7 Å². The molecule has 37 heavy (non-hydrogen) atoms. The Hall–Kier alpha value is -3.32. The number of aromatic nitrogens is 2. The van der Waals surface area contributed by atoms with Crippen molar-refractivity contribution < 1.29 is 30.8 Å². The summed E-state index contributed by atoms with van der Waals surface area (Å²) in [7, 11) is -4.66. The van der Waals surface area contributed by atoms with Gasteiger partial charge in [0.1, 0.15) is 15.9 Å². The molecule has 0 aliphatic carbocycles. The first-order valence-electron chi connectivity index (χ1n) is 11.2. The molecule has 9 heteroatoms. The number of hydrogen-bond acceptors (Lipinski definition) is 5. The minimum Gasteiger partial charge on any atom is -0.399 e. The van der Waals surface area contributed by atoms with E-state index in [0.29, 0.717) is 5.69 Å². The van der Waals surface area contributed by atoms with Crippen molar-refractivity contribution in [2.45, 2.75) is 4.90 Å². The Morgan fingerprint density at radius 2 is 1.00 bits per heavy atom. The summed E-state index contributed by atoms with van der Waals surface area (Å²) in [5.74, 6) is -0.0932. The van der Waals surface area contributed by atoms with Crippen molar-refractivity contribution >= 4 is 45.5 Å². The monoisotopic (exact) mass is 709 g/mol. The Labute approximate surface area is 234 Å². The van der Waals surface area contributed by atoms with Crippen LogP contribution in [0, 0.1) is 0 Å². The molecule has 6 nitrogen and oxygen atoms in total. The Morgan fingerprint density at radius 3 is 1.41 bits per heavy atom. The molecule has 0 fully saturated rings. The minimum atomic E-state index is -3.79. The van der Waals surface area contributed by atoms with E-state index in [4.69, 9.17) is 5.73 Å². The van der Waals surface area contributed by atoms with Crippen LogP contribution in [0.3, 0.4) is 0 Å². The Bertz CT molecular complexity index is 1370. The first kappa shape index (κ1) is 28.3. The van der Waals surface area contributed by atoms with Gasteiger partial charge >= 0.3 is 22.4 Å². The van der Waals surface area contributed by atoms with Crippen LogP contribution in [0.4, 0.5) is 11.6 Å². The SMILES string of the molecule is Nc1ccc(S(=O)(=O)[N-]c2ncccn2)cc1.[Au+].c1ccc([PH+](c2ccccc2)c2ccccc2)cc1. The van der Waals surface area contributed by atoms with Gasteiger partial charge in [0.25, 0.3) is 0 Å². The zero-order chi connectivity index (χ0) is 25.2. The van der Waals surface area contributed by atoms with E-state index in [9.17, 15) is 8.42 Å². The third-order valence-corrected chi connectivity index (χ3v) is 9.12. The van der Waals surface area contributed by atoms with E-state index < -0.39 is 17.9 Å². The van der Waals surface area contributed by atoms with E-state index in [0.717, 1.165) is 0 Å². The van der Waals surface area contributed by atoms with Crippen molar-refractivity contribution in [2.75, 3.05) is 5.73 Å². The first-order chi connectivity index (χ1) is 17.5. The van der Waals surface area contributed by atoms with Gasteiger partial charge in [-0.2, -0.15) is 0 Å². The van der Waals surface area contributed by atoms with E-state index in [1.807, 2.05) is 0 Å². The summed E-state index contributed by atoms with van der Waals surface area (Å²) in [6.45, 7) is 0. The molecule has 1 heterocycles. The molecule has 0 amide bonds. The maximum absolute atomic E-state index is 11.8. The molecule has 2 N–H and O–H groups in total. The Kier molecular flexibility index (Phi) is 10.6. The van der Waals surface area contributed by atoms with Crippen molar-refractivity contribution in [3.8, 4) is 0 Å². The van der Waals surface area contributed by atoms with Crippen LogP contribution in [0.5, 0.6) is 0 Å². The van der Waals surface area contributed by atoms with Gasteiger partial charge in [-0.15, -0.1) is 0 Å². The molecule has 0 radical (unpaired) electrons. The zero-order valence-corrected chi connectivity index (χ0v) is 23.6. The number of nitrogen functional groups attached to an aromatic ring is 1. The average Bonchev–Trinajstić information content (AvgIpc) is 2.92. The number of nitrogens with zero attached hydrogens (tertiary/aromatic N) is 3. The summed E-state index contributed by atoms with van der Waals surface area (Å²) in [6, 6.07) is 39.8. The third kappa shape index (κ3) is 8.09. The van der Waals surface area contributed by atoms with Crippen LogP contribution in [0.1, 0.15) is 0 Å². The molecule has 0 saturated carbocycles. The molecule has 0 bridgehead atoms. The average molecular weight is 710 g/mol. The van der Waals surface area contributed by atoms with Gasteiger partial charge in [-0.25, -0.2) is 8.42 Å². The topological polar surface area (TPSA) is 100 Å². The fourth-order valence-electron chi connectivity index (χ4n) is 3.45. The predicted octanol–water partition coefficient (Wildman–Crippen LogP) is 4.63. The number of sulfonamides is 1. The van der Waals surface area contributed by atoms with Crippen LogP contribution >= 0.6 is 7.92 Å². The van der Waals surface area contributed by atoms with Crippen molar-refractivity contribution in [1.82, 2.24) is 9.97 Å². The quantitative estimate of drug-likeness (QED) is 0.158. The maximum atomic E-state index is 11.8. The molecule has 1 aromatic heterocycles. The predicted molar refractivity (Wildman–Crippen MR) is 150 cm³/mol. The number of nitrogens with two attached hydrogens (primary N) is 1. The third-order valence-electron chi connectivity index (χ3n) is 5.12. The van der Waals surface area contributed by atoms with Crippen molar-refractivity contribution in [1.29, 1.82) is 0 Å². The van der Waals surface area contributed by atoms with Crippen molar-refractivity contribution in [3.05, 3.63) is 138 Å². The summed E-state index contributed by atoms with van der Waals surface area (Å²) >= 11 is 0. The molecule has 4 aromatic carbocycles. The van der Waals surface area contributed by atoms with Crippen LogP contribution in [0.2, 0.25) is 0 Å². The molecule has 0 aliphatic heterocycles. The molecule has 190 valence electrons. The fraction of sp³-hybridized carbons (Fsp3) is 0. The minimum absolute atomic E-state index is 0. The molecular formula is C28H25AuN4O2PS+.